The molecule has 0 radical (unpaired) electrons. The Bertz CT molecular complexity index is 349. The summed E-state index contributed by atoms with van der Waals surface area (Å²) >= 11 is 0. The zero-order valence-electron chi connectivity index (χ0n) is 7.08. The fourth-order valence-corrected chi connectivity index (χ4v) is 1.01. The minimum atomic E-state index is -4.99. The van der Waals surface area contributed by atoms with Gasteiger partial charge in [-0.2, -0.15) is 13.2 Å². The van der Waals surface area contributed by atoms with Gasteiger partial charge in [0.05, 0.1) is 0 Å². The smallest absolute Gasteiger partial charge is 0.316 e. The highest BCUT2D eigenvalue weighted by Gasteiger charge is 2.41. The van der Waals surface area contributed by atoms with Crippen LogP contribution in [0.1, 0.15) is 11.6 Å². The Morgan fingerprint density at radius 3 is 1.73 bits per heavy atom. The lowest BCUT2D eigenvalue weighted by Gasteiger charge is -2.17. The number of hydrogen-bond acceptors (Lipinski definition) is 1. The van der Waals surface area contributed by atoms with Gasteiger partial charge in [-0.05, 0) is 0 Å². The lowest BCUT2D eigenvalue weighted by Crippen LogP contribution is -2.30. The van der Waals surface area contributed by atoms with Crippen molar-refractivity contribution in [2.24, 2.45) is 5.73 Å². The Labute approximate surface area is 80.5 Å². The molecule has 15 heavy (non-hydrogen) atoms. The molecular formula is C8H5F6N. The van der Waals surface area contributed by atoms with Crippen molar-refractivity contribution in [3.05, 3.63) is 35.1 Å². The lowest BCUT2D eigenvalue weighted by atomic mass is 10.1. The van der Waals surface area contributed by atoms with Crippen LogP contribution in [-0.4, -0.2) is 6.18 Å². The third kappa shape index (κ3) is 2.41. The molecule has 1 rings (SSSR count). The van der Waals surface area contributed by atoms with Crippen LogP contribution in [0.4, 0.5) is 26.3 Å². The van der Waals surface area contributed by atoms with Gasteiger partial charge in [0.25, 0.3) is 0 Å². The Kier molecular flexibility index (Phi) is 2.94. The van der Waals surface area contributed by atoms with E-state index in [0.717, 1.165) is 0 Å². The van der Waals surface area contributed by atoms with Gasteiger partial charge >= 0.3 is 6.18 Å². The second kappa shape index (κ2) is 3.73. The lowest BCUT2D eigenvalue weighted by molar-refractivity contribution is -0.150. The molecule has 0 aliphatic rings. The summed E-state index contributed by atoms with van der Waals surface area (Å²) < 4.78 is 74.2. The van der Waals surface area contributed by atoms with Gasteiger partial charge in [0.1, 0.15) is 23.5 Å². The summed E-state index contributed by atoms with van der Waals surface area (Å²) in [5.41, 5.74) is 3.21. The molecule has 0 heterocycles. The summed E-state index contributed by atoms with van der Waals surface area (Å²) in [7, 11) is 0. The molecule has 2 N–H and O–H groups in total. The molecule has 0 aromatic heterocycles. The molecule has 0 spiro atoms. The standard InChI is InChI=1S/C8H5F6N/c9-3-1-4(10)6(5(11)2-3)7(15)8(12,13)14/h1-2,7H,15H2/t7-/m1/s1. The molecule has 84 valence electrons. The van der Waals surface area contributed by atoms with Gasteiger partial charge in [-0.1, -0.05) is 0 Å². The SMILES string of the molecule is N[C@H](c1c(F)cc(F)cc1F)C(F)(F)F. The molecule has 1 aromatic rings. The van der Waals surface area contributed by atoms with Crippen molar-refractivity contribution in [2.75, 3.05) is 0 Å². The van der Waals surface area contributed by atoms with Gasteiger partial charge in [0.2, 0.25) is 0 Å². The molecule has 0 aliphatic heterocycles. The van der Waals surface area contributed by atoms with E-state index in [1.807, 2.05) is 0 Å². The maximum Gasteiger partial charge on any atom is 0.407 e. The first-order valence-corrected chi connectivity index (χ1v) is 3.70. The van der Waals surface area contributed by atoms with Crippen molar-refractivity contribution in [1.29, 1.82) is 0 Å². The summed E-state index contributed by atoms with van der Waals surface area (Å²) in [4.78, 5) is 0. The fourth-order valence-electron chi connectivity index (χ4n) is 1.01. The monoisotopic (exact) mass is 229 g/mol. The number of benzene rings is 1. The first-order valence-electron chi connectivity index (χ1n) is 3.70. The van der Waals surface area contributed by atoms with Gasteiger partial charge in [-0.25, -0.2) is 13.2 Å². The maximum atomic E-state index is 12.8. The van der Waals surface area contributed by atoms with Crippen LogP contribution in [0.5, 0.6) is 0 Å². The summed E-state index contributed by atoms with van der Waals surface area (Å²) in [5, 5.41) is 0. The number of hydrogen-bond donors (Lipinski definition) is 1. The van der Waals surface area contributed by atoms with E-state index >= 15 is 0 Å². The highest BCUT2D eigenvalue weighted by atomic mass is 19.4. The van der Waals surface area contributed by atoms with Gasteiger partial charge in [0.15, 0.2) is 0 Å². The van der Waals surface area contributed by atoms with Crippen LogP contribution in [-0.2, 0) is 0 Å². The Morgan fingerprint density at radius 2 is 1.40 bits per heavy atom. The van der Waals surface area contributed by atoms with Gasteiger partial charge < -0.3 is 5.73 Å². The van der Waals surface area contributed by atoms with Crippen LogP contribution in [0.15, 0.2) is 12.1 Å². The Balaban J connectivity index is 3.26. The van der Waals surface area contributed by atoms with Crippen molar-refractivity contribution in [2.45, 2.75) is 12.2 Å². The van der Waals surface area contributed by atoms with E-state index in [-0.39, 0.29) is 12.1 Å². The van der Waals surface area contributed by atoms with Crippen molar-refractivity contribution >= 4 is 0 Å². The van der Waals surface area contributed by atoms with Crippen molar-refractivity contribution < 1.29 is 26.3 Å². The third-order valence-electron chi connectivity index (χ3n) is 1.71. The molecule has 0 unspecified atom stereocenters. The predicted molar refractivity (Wildman–Crippen MR) is 39.3 cm³/mol. The summed E-state index contributed by atoms with van der Waals surface area (Å²) in [5.74, 6) is -4.61. The normalized spacial score (nSPS) is 14.1. The zero-order chi connectivity index (χ0) is 11.8. The highest BCUT2D eigenvalue weighted by molar-refractivity contribution is 5.25. The average Bonchev–Trinajstić information content (AvgIpc) is 1.99. The number of rotatable bonds is 1. The molecule has 0 saturated carbocycles. The number of nitrogens with two attached hydrogens (primary N) is 1. The largest absolute Gasteiger partial charge is 0.407 e. The van der Waals surface area contributed by atoms with Crippen LogP contribution in [0, 0.1) is 17.5 Å². The summed E-state index contributed by atoms with van der Waals surface area (Å²) in [6, 6.07) is -2.52. The maximum absolute atomic E-state index is 12.8. The third-order valence-corrected chi connectivity index (χ3v) is 1.71. The number of alkyl halides is 3. The minimum absolute atomic E-state index is 0.143. The van der Waals surface area contributed by atoms with Crippen LogP contribution < -0.4 is 5.73 Å². The molecule has 0 aliphatic carbocycles. The van der Waals surface area contributed by atoms with E-state index in [2.05, 4.69) is 5.73 Å². The highest BCUT2D eigenvalue weighted by Crippen LogP contribution is 2.33. The topological polar surface area (TPSA) is 26.0 Å². The van der Waals surface area contributed by atoms with Crippen molar-refractivity contribution in [3.63, 3.8) is 0 Å². The number of halogens is 6. The second-order valence-electron chi connectivity index (χ2n) is 2.80. The molecule has 0 bridgehead atoms. The van der Waals surface area contributed by atoms with E-state index in [4.69, 9.17) is 0 Å². The van der Waals surface area contributed by atoms with E-state index in [9.17, 15) is 26.3 Å². The van der Waals surface area contributed by atoms with E-state index < -0.39 is 35.2 Å². The van der Waals surface area contributed by atoms with Crippen LogP contribution in [0.3, 0.4) is 0 Å². The van der Waals surface area contributed by atoms with E-state index in [1.54, 1.807) is 0 Å². The van der Waals surface area contributed by atoms with Crippen molar-refractivity contribution in [3.8, 4) is 0 Å². The quantitative estimate of drug-likeness (QED) is 0.736. The predicted octanol–water partition coefficient (Wildman–Crippen LogP) is 2.67. The van der Waals surface area contributed by atoms with Crippen LogP contribution >= 0.6 is 0 Å². The average molecular weight is 229 g/mol. The first kappa shape index (κ1) is 11.8. The molecular weight excluding hydrogens is 224 g/mol. The molecule has 0 fully saturated rings. The first-order chi connectivity index (χ1) is 6.73. The Hall–Kier alpha value is -1.24. The fraction of sp³-hybridized carbons (Fsp3) is 0.250. The van der Waals surface area contributed by atoms with Gasteiger partial charge in [0, 0.05) is 17.7 Å². The molecule has 0 amide bonds. The van der Waals surface area contributed by atoms with Crippen LogP contribution in [0.2, 0.25) is 0 Å². The Morgan fingerprint density at radius 1 is 1.00 bits per heavy atom. The molecule has 1 nitrogen and oxygen atoms in total. The zero-order valence-corrected chi connectivity index (χ0v) is 7.08. The molecule has 0 saturated heterocycles. The minimum Gasteiger partial charge on any atom is -0.316 e. The van der Waals surface area contributed by atoms with Gasteiger partial charge in [-0.15, -0.1) is 0 Å². The molecule has 1 atom stereocenters. The van der Waals surface area contributed by atoms with Crippen molar-refractivity contribution in [1.82, 2.24) is 0 Å². The van der Waals surface area contributed by atoms with Crippen LogP contribution in [0.25, 0.3) is 0 Å². The van der Waals surface area contributed by atoms with E-state index in [1.165, 1.54) is 0 Å². The van der Waals surface area contributed by atoms with E-state index in [0.29, 0.717) is 0 Å². The molecule has 1 aromatic carbocycles. The molecule has 7 heteroatoms. The summed E-state index contributed by atoms with van der Waals surface area (Å²) in [6.45, 7) is 0. The van der Waals surface area contributed by atoms with Gasteiger partial charge in [-0.3, -0.25) is 0 Å². The second-order valence-corrected chi connectivity index (χ2v) is 2.80. The summed E-state index contributed by atoms with van der Waals surface area (Å²) in [6.07, 6.45) is -4.99.